The zero-order valence-corrected chi connectivity index (χ0v) is 21.8. The molecule has 0 aromatic heterocycles. The van der Waals surface area contributed by atoms with Crippen LogP contribution in [0.15, 0.2) is 60.7 Å². The van der Waals surface area contributed by atoms with Crippen molar-refractivity contribution in [2.75, 3.05) is 24.7 Å². The Hall–Kier alpha value is -2.74. The molecule has 0 radical (unpaired) electrons. The standard InChI is InChI=1S/C29H28N2O3S2/c1-2-34-28(33)26(19-11-10-18-12-13-30-17-20(18)16-19)31-27(32)22-7-5-9-24-25(22)21-6-3-4-8-23(21)29(24)35-14-15-36-29/h3-11,16,26,30H,2,12-15,17H2,1H3,(H,31,32). The first-order chi connectivity index (χ1) is 17.6. The van der Waals surface area contributed by atoms with Gasteiger partial charge in [-0.1, -0.05) is 54.6 Å². The van der Waals surface area contributed by atoms with E-state index in [1.807, 2.05) is 53.9 Å². The first kappa shape index (κ1) is 23.6. The molecule has 1 unspecified atom stereocenters. The second kappa shape index (κ2) is 9.61. The molecule has 2 aliphatic heterocycles. The van der Waals surface area contributed by atoms with Gasteiger partial charge in [0, 0.05) is 29.2 Å². The van der Waals surface area contributed by atoms with E-state index in [9.17, 15) is 9.59 Å². The van der Waals surface area contributed by atoms with Crippen molar-refractivity contribution in [3.8, 4) is 11.1 Å². The SMILES string of the molecule is CCOC(=O)C(NC(=O)c1cccc2c1-c1ccccc1C21SCCS1)c1ccc2c(c1)CNCC2. The van der Waals surface area contributed by atoms with Gasteiger partial charge in [0.15, 0.2) is 6.04 Å². The lowest BCUT2D eigenvalue weighted by molar-refractivity contribution is -0.145. The monoisotopic (exact) mass is 516 g/mol. The van der Waals surface area contributed by atoms with E-state index in [1.54, 1.807) is 6.92 Å². The van der Waals surface area contributed by atoms with Crippen molar-refractivity contribution in [2.45, 2.75) is 30.0 Å². The van der Waals surface area contributed by atoms with Crippen LogP contribution in [0.2, 0.25) is 0 Å². The molecule has 2 N–H and O–H groups in total. The summed E-state index contributed by atoms with van der Waals surface area (Å²) < 4.78 is 5.22. The molecule has 36 heavy (non-hydrogen) atoms. The molecule has 1 amide bonds. The molecule has 3 aromatic rings. The van der Waals surface area contributed by atoms with Crippen molar-refractivity contribution in [1.29, 1.82) is 0 Å². The maximum Gasteiger partial charge on any atom is 0.333 e. The van der Waals surface area contributed by atoms with Crippen molar-refractivity contribution in [3.05, 3.63) is 94.0 Å². The van der Waals surface area contributed by atoms with Gasteiger partial charge in [0.25, 0.3) is 5.91 Å². The molecule has 0 saturated carbocycles. The number of amides is 1. The second-order valence-corrected chi connectivity index (χ2v) is 12.1. The largest absolute Gasteiger partial charge is 0.464 e. The van der Waals surface area contributed by atoms with Crippen molar-refractivity contribution in [2.24, 2.45) is 0 Å². The van der Waals surface area contributed by atoms with E-state index in [4.69, 9.17) is 4.74 Å². The summed E-state index contributed by atoms with van der Waals surface area (Å²) in [7, 11) is 0. The maximum absolute atomic E-state index is 13.9. The molecular weight excluding hydrogens is 488 g/mol. The van der Waals surface area contributed by atoms with Crippen LogP contribution in [-0.2, 0) is 26.6 Å². The fraction of sp³-hybridized carbons (Fsp3) is 0.310. The third-order valence-corrected chi connectivity index (χ3v) is 10.6. The Bertz CT molecular complexity index is 1350. The Morgan fingerprint density at radius 2 is 1.83 bits per heavy atom. The van der Waals surface area contributed by atoms with Gasteiger partial charge in [0.1, 0.15) is 4.08 Å². The Kier molecular flexibility index (Phi) is 6.32. The smallest absolute Gasteiger partial charge is 0.333 e. The molecule has 6 rings (SSSR count). The van der Waals surface area contributed by atoms with Crippen LogP contribution in [-0.4, -0.2) is 36.5 Å². The normalized spacial score (nSPS) is 17.7. The number of ether oxygens (including phenoxy) is 1. The van der Waals surface area contributed by atoms with E-state index in [0.29, 0.717) is 5.56 Å². The first-order valence-electron chi connectivity index (χ1n) is 12.4. The van der Waals surface area contributed by atoms with Crippen LogP contribution in [0.4, 0.5) is 0 Å². The summed E-state index contributed by atoms with van der Waals surface area (Å²) in [5, 5.41) is 6.42. The number of benzene rings is 3. The van der Waals surface area contributed by atoms with Gasteiger partial charge < -0.3 is 15.4 Å². The van der Waals surface area contributed by atoms with Gasteiger partial charge in [0.2, 0.25) is 0 Å². The molecule has 2 heterocycles. The molecule has 5 nitrogen and oxygen atoms in total. The summed E-state index contributed by atoms with van der Waals surface area (Å²) in [6.45, 7) is 3.74. The topological polar surface area (TPSA) is 67.4 Å². The summed E-state index contributed by atoms with van der Waals surface area (Å²) in [4.78, 5) is 26.9. The molecule has 0 bridgehead atoms. The fourth-order valence-electron chi connectivity index (χ4n) is 5.56. The maximum atomic E-state index is 13.9. The molecule has 7 heteroatoms. The van der Waals surface area contributed by atoms with Crippen molar-refractivity contribution >= 4 is 35.4 Å². The third kappa shape index (κ3) is 3.85. The van der Waals surface area contributed by atoms with Gasteiger partial charge in [0.05, 0.1) is 6.61 Å². The van der Waals surface area contributed by atoms with Crippen molar-refractivity contribution in [1.82, 2.24) is 10.6 Å². The third-order valence-electron chi connectivity index (χ3n) is 7.16. The Balaban J connectivity index is 1.39. The van der Waals surface area contributed by atoms with E-state index >= 15 is 0 Å². The van der Waals surface area contributed by atoms with Gasteiger partial charge in [-0.15, -0.1) is 23.5 Å². The lowest BCUT2D eigenvalue weighted by Gasteiger charge is -2.25. The predicted molar refractivity (Wildman–Crippen MR) is 146 cm³/mol. The van der Waals surface area contributed by atoms with Crippen molar-refractivity contribution in [3.63, 3.8) is 0 Å². The number of nitrogens with one attached hydrogen (secondary N) is 2. The number of carbonyl (C=O) groups excluding carboxylic acids is 2. The van der Waals surface area contributed by atoms with Crippen LogP contribution in [0, 0.1) is 0 Å². The molecule has 1 atom stereocenters. The molecule has 3 aliphatic rings. The number of carbonyl (C=O) groups is 2. The van der Waals surface area contributed by atoms with E-state index in [1.165, 1.54) is 16.7 Å². The summed E-state index contributed by atoms with van der Waals surface area (Å²) in [6.07, 6.45) is 0.958. The molecule has 1 fully saturated rings. The highest BCUT2D eigenvalue weighted by Crippen LogP contribution is 2.64. The van der Waals surface area contributed by atoms with Gasteiger partial charge in [-0.2, -0.15) is 0 Å². The Morgan fingerprint density at radius 3 is 2.67 bits per heavy atom. The summed E-state index contributed by atoms with van der Waals surface area (Å²) in [5.41, 5.74) is 8.30. The highest BCUT2D eigenvalue weighted by Gasteiger charge is 2.48. The lowest BCUT2D eigenvalue weighted by Crippen LogP contribution is -2.35. The minimum absolute atomic E-state index is 0.172. The quantitative estimate of drug-likeness (QED) is 0.464. The summed E-state index contributed by atoms with van der Waals surface area (Å²) in [6, 6.07) is 19.5. The zero-order valence-electron chi connectivity index (χ0n) is 20.1. The highest BCUT2D eigenvalue weighted by molar-refractivity contribution is 8.20. The fourth-order valence-corrected chi connectivity index (χ4v) is 8.95. The number of fused-ring (bicyclic) bond motifs is 6. The van der Waals surface area contributed by atoms with E-state index < -0.39 is 12.0 Å². The zero-order chi connectivity index (χ0) is 24.7. The molecule has 3 aromatic carbocycles. The predicted octanol–water partition coefficient (Wildman–Crippen LogP) is 5.03. The number of hydrogen-bond acceptors (Lipinski definition) is 6. The molecular formula is C29H28N2O3S2. The van der Waals surface area contributed by atoms with Crippen LogP contribution in [0.3, 0.4) is 0 Å². The average molecular weight is 517 g/mol. The number of hydrogen-bond donors (Lipinski definition) is 2. The van der Waals surface area contributed by atoms with E-state index in [2.05, 4.69) is 41.0 Å². The minimum Gasteiger partial charge on any atom is -0.464 e. The average Bonchev–Trinajstić information content (AvgIpc) is 3.52. The second-order valence-electron chi connectivity index (χ2n) is 9.20. The summed E-state index contributed by atoms with van der Waals surface area (Å²) in [5.74, 6) is 1.45. The molecule has 1 aliphatic carbocycles. The molecule has 184 valence electrons. The van der Waals surface area contributed by atoms with Gasteiger partial charge >= 0.3 is 5.97 Å². The highest BCUT2D eigenvalue weighted by atomic mass is 32.2. The number of rotatable bonds is 5. The van der Waals surface area contributed by atoms with Gasteiger partial charge in [-0.05, 0) is 59.3 Å². The van der Waals surface area contributed by atoms with Crippen LogP contribution < -0.4 is 10.6 Å². The van der Waals surface area contributed by atoms with E-state index in [-0.39, 0.29) is 16.6 Å². The van der Waals surface area contributed by atoms with Crippen molar-refractivity contribution < 1.29 is 14.3 Å². The van der Waals surface area contributed by atoms with Crippen LogP contribution in [0.1, 0.15) is 51.1 Å². The van der Waals surface area contributed by atoms with Gasteiger partial charge in [-0.3, -0.25) is 4.79 Å². The number of thioether (sulfide) groups is 2. The van der Waals surface area contributed by atoms with Crippen LogP contribution in [0.5, 0.6) is 0 Å². The van der Waals surface area contributed by atoms with E-state index in [0.717, 1.165) is 53.3 Å². The van der Waals surface area contributed by atoms with Crippen LogP contribution >= 0.6 is 23.5 Å². The number of esters is 1. The minimum atomic E-state index is -0.874. The Morgan fingerprint density at radius 1 is 1.03 bits per heavy atom. The molecule has 1 saturated heterocycles. The van der Waals surface area contributed by atoms with Crippen LogP contribution in [0.25, 0.3) is 11.1 Å². The Labute approximate surface area is 219 Å². The van der Waals surface area contributed by atoms with Gasteiger partial charge in [-0.25, -0.2) is 4.79 Å². The lowest BCUT2D eigenvalue weighted by atomic mass is 9.95. The first-order valence-corrected chi connectivity index (χ1v) is 14.4. The summed E-state index contributed by atoms with van der Waals surface area (Å²) >= 11 is 3.89. The molecule has 1 spiro atoms.